The van der Waals surface area contributed by atoms with Crippen molar-refractivity contribution in [2.75, 3.05) is 14.2 Å². The van der Waals surface area contributed by atoms with Crippen LogP contribution in [0.25, 0.3) is 5.69 Å². The second kappa shape index (κ2) is 11.2. The van der Waals surface area contributed by atoms with Crippen LogP contribution >= 0.6 is 27.7 Å². The molecule has 0 aliphatic heterocycles. The molecule has 0 radical (unpaired) electrons. The van der Waals surface area contributed by atoms with E-state index in [1.54, 1.807) is 37.1 Å². The molecule has 0 saturated carbocycles. The summed E-state index contributed by atoms with van der Waals surface area (Å²) in [6, 6.07) is 23.1. The van der Waals surface area contributed by atoms with Crippen molar-refractivity contribution >= 4 is 33.6 Å². The SMILES string of the molecule is COc1ccc(C(=O)NCc2nnc(SCc3ccc(Br)cc3)n2-c2ccccc2)cc1OC. The minimum Gasteiger partial charge on any atom is -0.493 e. The highest BCUT2D eigenvalue weighted by atomic mass is 79.9. The molecule has 1 heterocycles. The molecule has 0 bridgehead atoms. The van der Waals surface area contributed by atoms with E-state index in [0.717, 1.165) is 21.1 Å². The zero-order chi connectivity index (χ0) is 23.9. The zero-order valence-electron chi connectivity index (χ0n) is 18.7. The van der Waals surface area contributed by atoms with Gasteiger partial charge in [0.15, 0.2) is 22.5 Å². The minimum absolute atomic E-state index is 0.216. The maximum atomic E-state index is 12.8. The van der Waals surface area contributed by atoms with E-state index in [9.17, 15) is 4.79 Å². The van der Waals surface area contributed by atoms with Crippen molar-refractivity contribution in [3.05, 3.63) is 94.2 Å². The molecule has 1 N–H and O–H groups in total. The number of aromatic nitrogens is 3. The van der Waals surface area contributed by atoms with Gasteiger partial charge in [-0.1, -0.05) is 58.0 Å². The monoisotopic (exact) mass is 538 g/mol. The number of rotatable bonds is 9. The molecule has 0 spiro atoms. The summed E-state index contributed by atoms with van der Waals surface area (Å²) in [7, 11) is 3.09. The third-order valence-corrected chi connectivity index (χ3v) is 6.58. The standard InChI is InChI=1S/C25H23BrN4O3S/c1-32-21-13-10-18(14-22(21)33-2)24(31)27-15-23-28-29-25(30(23)20-6-4-3-5-7-20)34-16-17-8-11-19(26)12-9-17/h3-14H,15-16H2,1-2H3,(H,27,31). The number of amides is 1. The van der Waals surface area contributed by atoms with Gasteiger partial charge >= 0.3 is 0 Å². The van der Waals surface area contributed by atoms with E-state index in [0.29, 0.717) is 22.9 Å². The summed E-state index contributed by atoms with van der Waals surface area (Å²) in [5, 5.41) is 12.5. The third kappa shape index (κ3) is 5.60. The first-order valence-electron chi connectivity index (χ1n) is 10.5. The first kappa shape index (κ1) is 23.8. The number of thioether (sulfide) groups is 1. The predicted molar refractivity (Wildman–Crippen MR) is 136 cm³/mol. The molecule has 3 aromatic carbocycles. The van der Waals surface area contributed by atoms with Crippen molar-refractivity contribution in [2.45, 2.75) is 17.5 Å². The Morgan fingerprint density at radius 3 is 2.41 bits per heavy atom. The average Bonchev–Trinajstić information content (AvgIpc) is 3.29. The van der Waals surface area contributed by atoms with Crippen LogP contribution in [0.2, 0.25) is 0 Å². The molecule has 0 atom stereocenters. The van der Waals surface area contributed by atoms with Crippen molar-refractivity contribution in [3.63, 3.8) is 0 Å². The van der Waals surface area contributed by atoms with Crippen LogP contribution in [0.5, 0.6) is 11.5 Å². The minimum atomic E-state index is -0.243. The fraction of sp³-hybridized carbons (Fsp3) is 0.160. The van der Waals surface area contributed by atoms with E-state index in [2.05, 4.69) is 43.6 Å². The Bertz CT molecular complexity index is 1260. The van der Waals surface area contributed by atoms with Crippen molar-refractivity contribution < 1.29 is 14.3 Å². The third-order valence-electron chi connectivity index (χ3n) is 5.05. The zero-order valence-corrected chi connectivity index (χ0v) is 21.1. The maximum absolute atomic E-state index is 12.8. The van der Waals surface area contributed by atoms with Crippen molar-refractivity contribution in [1.82, 2.24) is 20.1 Å². The molecule has 4 aromatic rings. The quantitative estimate of drug-likeness (QED) is 0.292. The number of nitrogens with zero attached hydrogens (tertiary/aromatic N) is 3. The van der Waals surface area contributed by atoms with Crippen LogP contribution < -0.4 is 14.8 Å². The number of halogens is 1. The van der Waals surface area contributed by atoms with Gasteiger partial charge in [-0.15, -0.1) is 10.2 Å². The molecule has 1 amide bonds. The van der Waals surface area contributed by atoms with E-state index in [1.807, 2.05) is 47.0 Å². The second-order valence-corrected chi connectivity index (χ2v) is 9.10. The van der Waals surface area contributed by atoms with Gasteiger partial charge in [0.1, 0.15) is 0 Å². The van der Waals surface area contributed by atoms with Crippen molar-refractivity contribution in [3.8, 4) is 17.2 Å². The summed E-state index contributed by atoms with van der Waals surface area (Å²) in [6.45, 7) is 0.216. The second-order valence-electron chi connectivity index (χ2n) is 7.24. The van der Waals surface area contributed by atoms with E-state index in [1.165, 1.54) is 12.7 Å². The molecular weight excluding hydrogens is 516 g/mol. The normalized spacial score (nSPS) is 10.7. The lowest BCUT2D eigenvalue weighted by atomic mass is 10.2. The van der Waals surface area contributed by atoms with Gasteiger partial charge in [0.2, 0.25) is 0 Å². The van der Waals surface area contributed by atoms with Crippen LogP contribution in [0.4, 0.5) is 0 Å². The van der Waals surface area contributed by atoms with Crippen molar-refractivity contribution in [2.24, 2.45) is 0 Å². The molecule has 7 nitrogen and oxygen atoms in total. The van der Waals surface area contributed by atoms with E-state index in [-0.39, 0.29) is 12.5 Å². The summed E-state index contributed by atoms with van der Waals surface area (Å²) in [5.74, 6) is 2.20. The number of ether oxygens (including phenoxy) is 2. The average molecular weight is 539 g/mol. The van der Waals surface area contributed by atoms with Gasteiger partial charge in [0, 0.05) is 21.5 Å². The maximum Gasteiger partial charge on any atom is 0.251 e. The van der Waals surface area contributed by atoms with Crippen LogP contribution in [0, 0.1) is 0 Å². The van der Waals surface area contributed by atoms with E-state index in [4.69, 9.17) is 9.47 Å². The van der Waals surface area contributed by atoms with Gasteiger partial charge in [-0.05, 0) is 48.0 Å². The Morgan fingerprint density at radius 1 is 0.971 bits per heavy atom. The lowest BCUT2D eigenvalue weighted by molar-refractivity contribution is 0.0949. The van der Waals surface area contributed by atoms with Gasteiger partial charge in [0.05, 0.1) is 20.8 Å². The number of para-hydroxylation sites is 1. The fourth-order valence-corrected chi connectivity index (χ4v) is 4.50. The molecule has 1 aromatic heterocycles. The first-order valence-corrected chi connectivity index (χ1v) is 12.2. The molecule has 0 saturated heterocycles. The Labute approximate surface area is 210 Å². The molecule has 0 aliphatic rings. The largest absolute Gasteiger partial charge is 0.493 e. The molecule has 4 rings (SSSR count). The number of hydrogen-bond acceptors (Lipinski definition) is 6. The molecule has 0 aliphatic carbocycles. The van der Waals surface area contributed by atoms with Crippen LogP contribution in [0.15, 0.2) is 82.4 Å². The Kier molecular flexibility index (Phi) is 7.87. The summed E-state index contributed by atoms with van der Waals surface area (Å²) >= 11 is 5.06. The van der Waals surface area contributed by atoms with E-state index >= 15 is 0 Å². The summed E-state index contributed by atoms with van der Waals surface area (Å²) < 4.78 is 13.6. The smallest absolute Gasteiger partial charge is 0.251 e. The van der Waals surface area contributed by atoms with Gasteiger partial charge in [-0.3, -0.25) is 9.36 Å². The van der Waals surface area contributed by atoms with Gasteiger partial charge in [-0.2, -0.15) is 0 Å². The molecule has 174 valence electrons. The summed E-state index contributed by atoms with van der Waals surface area (Å²) in [5.41, 5.74) is 2.58. The number of hydrogen-bond donors (Lipinski definition) is 1. The van der Waals surface area contributed by atoms with Crippen LogP contribution in [0.1, 0.15) is 21.7 Å². The lowest BCUT2D eigenvalue weighted by Gasteiger charge is -2.12. The first-order chi connectivity index (χ1) is 16.6. The molecule has 9 heteroatoms. The van der Waals surface area contributed by atoms with Gasteiger partial charge < -0.3 is 14.8 Å². The van der Waals surface area contributed by atoms with Crippen LogP contribution in [0.3, 0.4) is 0 Å². The number of benzene rings is 3. The Hall–Kier alpha value is -3.30. The van der Waals surface area contributed by atoms with E-state index < -0.39 is 0 Å². The van der Waals surface area contributed by atoms with Gasteiger partial charge in [-0.25, -0.2) is 0 Å². The van der Waals surface area contributed by atoms with Crippen molar-refractivity contribution in [1.29, 1.82) is 0 Å². The van der Waals surface area contributed by atoms with Crippen LogP contribution in [-0.4, -0.2) is 34.9 Å². The number of nitrogens with one attached hydrogen (secondary N) is 1. The molecule has 0 fully saturated rings. The number of methoxy groups -OCH3 is 2. The molecule has 34 heavy (non-hydrogen) atoms. The predicted octanol–water partition coefficient (Wildman–Crippen LogP) is 5.27. The summed E-state index contributed by atoms with van der Waals surface area (Å²) in [4.78, 5) is 12.8. The number of carbonyl (C=O) groups excluding carboxylic acids is 1. The highest BCUT2D eigenvalue weighted by molar-refractivity contribution is 9.10. The van der Waals surface area contributed by atoms with Crippen LogP contribution in [-0.2, 0) is 12.3 Å². The highest BCUT2D eigenvalue weighted by Crippen LogP contribution is 2.28. The Morgan fingerprint density at radius 2 is 1.71 bits per heavy atom. The molecular formula is C25H23BrN4O3S. The summed E-state index contributed by atoms with van der Waals surface area (Å²) in [6.07, 6.45) is 0. The Balaban J connectivity index is 1.53. The molecule has 0 unspecified atom stereocenters. The topological polar surface area (TPSA) is 78.3 Å². The highest BCUT2D eigenvalue weighted by Gasteiger charge is 2.17. The lowest BCUT2D eigenvalue weighted by Crippen LogP contribution is -2.24. The number of carbonyl (C=O) groups is 1. The fourth-order valence-electron chi connectivity index (χ4n) is 3.31. The van der Waals surface area contributed by atoms with Gasteiger partial charge in [0.25, 0.3) is 5.91 Å².